The van der Waals surface area contributed by atoms with Crippen molar-refractivity contribution < 1.29 is 9.21 Å². The highest BCUT2D eigenvalue weighted by molar-refractivity contribution is 5.99. The Bertz CT molecular complexity index is 1090. The van der Waals surface area contributed by atoms with Crippen LogP contribution in [0.2, 0.25) is 0 Å². The van der Waals surface area contributed by atoms with Crippen LogP contribution in [0.4, 0.5) is 0 Å². The average Bonchev–Trinajstić information content (AvgIpc) is 3.38. The second kappa shape index (κ2) is 5.73. The van der Waals surface area contributed by atoms with Gasteiger partial charge >= 0.3 is 0 Å². The molecule has 26 heavy (non-hydrogen) atoms. The number of hydrogen-bond donors (Lipinski definition) is 1. The molecule has 0 radical (unpaired) electrons. The summed E-state index contributed by atoms with van der Waals surface area (Å²) in [6.45, 7) is 2.67. The number of hydrogen-bond acceptors (Lipinski definition) is 3. The van der Waals surface area contributed by atoms with Gasteiger partial charge in [0.1, 0.15) is 11.4 Å². The number of para-hydroxylation sites is 3. The van der Waals surface area contributed by atoms with Gasteiger partial charge in [-0.05, 0) is 38.0 Å². The quantitative estimate of drug-likeness (QED) is 0.578. The van der Waals surface area contributed by atoms with Gasteiger partial charge in [0, 0.05) is 17.5 Å². The molecule has 1 fully saturated rings. The molecule has 2 aromatic heterocycles. The van der Waals surface area contributed by atoms with Gasteiger partial charge in [0.05, 0.1) is 17.1 Å². The molecule has 1 N–H and O–H groups in total. The fraction of sp³-hybridized carbons (Fsp3) is 0.238. The number of imidazole rings is 1. The Labute approximate surface area is 150 Å². The normalized spacial score (nSPS) is 17.4. The smallest absolute Gasteiger partial charge is 0.290 e. The van der Waals surface area contributed by atoms with E-state index in [0.29, 0.717) is 5.76 Å². The average molecular weight is 345 g/mol. The van der Waals surface area contributed by atoms with Gasteiger partial charge in [-0.1, -0.05) is 30.3 Å². The van der Waals surface area contributed by atoms with Crippen LogP contribution in [-0.2, 0) is 0 Å². The van der Waals surface area contributed by atoms with E-state index < -0.39 is 0 Å². The summed E-state index contributed by atoms with van der Waals surface area (Å²) in [6.07, 6.45) is 1.87. The van der Waals surface area contributed by atoms with Crippen molar-refractivity contribution in [1.82, 2.24) is 14.9 Å². The lowest BCUT2D eigenvalue weighted by Gasteiger charge is -2.22. The van der Waals surface area contributed by atoms with Crippen LogP contribution in [0.1, 0.15) is 40.8 Å². The van der Waals surface area contributed by atoms with E-state index in [2.05, 4.69) is 4.98 Å². The number of aromatic nitrogens is 2. The SMILES string of the molecule is Cc1c(C(=O)N2CCCC2c2nc3ccccc3[nH]2)oc2ccccc12. The highest BCUT2D eigenvalue weighted by atomic mass is 16.3. The number of nitrogens with zero attached hydrogens (tertiary/aromatic N) is 2. The highest BCUT2D eigenvalue weighted by Crippen LogP contribution is 2.34. The van der Waals surface area contributed by atoms with Gasteiger partial charge in [-0.25, -0.2) is 4.98 Å². The second-order valence-corrected chi connectivity index (χ2v) is 6.85. The third-order valence-electron chi connectivity index (χ3n) is 5.27. The summed E-state index contributed by atoms with van der Waals surface area (Å²) in [6, 6.07) is 15.7. The molecular weight excluding hydrogens is 326 g/mol. The monoisotopic (exact) mass is 345 g/mol. The third-order valence-corrected chi connectivity index (χ3v) is 5.27. The first kappa shape index (κ1) is 15.2. The van der Waals surface area contributed by atoms with E-state index in [1.165, 1.54) is 0 Å². The molecule has 2 aromatic carbocycles. The Morgan fingerprint density at radius 2 is 2.00 bits per heavy atom. The van der Waals surface area contributed by atoms with Crippen molar-refractivity contribution >= 4 is 27.9 Å². The fourth-order valence-corrected chi connectivity index (χ4v) is 3.93. The van der Waals surface area contributed by atoms with E-state index >= 15 is 0 Å². The number of carbonyl (C=O) groups is 1. The van der Waals surface area contributed by atoms with Crippen molar-refractivity contribution in [1.29, 1.82) is 0 Å². The van der Waals surface area contributed by atoms with Crippen LogP contribution < -0.4 is 0 Å². The van der Waals surface area contributed by atoms with Gasteiger partial charge in [0.2, 0.25) is 0 Å². The third kappa shape index (κ3) is 2.24. The van der Waals surface area contributed by atoms with Gasteiger partial charge < -0.3 is 14.3 Å². The lowest BCUT2D eigenvalue weighted by Crippen LogP contribution is -2.31. The topological polar surface area (TPSA) is 62.1 Å². The summed E-state index contributed by atoms with van der Waals surface area (Å²) >= 11 is 0. The molecule has 5 nitrogen and oxygen atoms in total. The molecule has 130 valence electrons. The molecule has 1 aliphatic heterocycles. The zero-order valence-electron chi connectivity index (χ0n) is 14.5. The van der Waals surface area contributed by atoms with Crippen LogP contribution in [0.3, 0.4) is 0 Å². The Morgan fingerprint density at radius 3 is 2.85 bits per heavy atom. The van der Waals surface area contributed by atoms with E-state index in [1.807, 2.05) is 60.4 Å². The molecule has 5 heteroatoms. The van der Waals surface area contributed by atoms with Crippen molar-refractivity contribution in [3.63, 3.8) is 0 Å². The second-order valence-electron chi connectivity index (χ2n) is 6.85. The number of aryl methyl sites for hydroxylation is 1. The number of amides is 1. The Hall–Kier alpha value is -3.08. The number of aromatic amines is 1. The molecule has 5 rings (SSSR count). The van der Waals surface area contributed by atoms with Crippen LogP contribution in [0.25, 0.3) is 22.0 Å². The Morgan fingerprint density at radius 1 is 1.19 bits per heavy atom. The highest BCUT2D eigenvalue weighted by Gasteiger charge is 2.35. The number of furan rings is 1. The maximum Gasteiger partial charge on any atom is 0.290 e. The maximum absolute atomic E-state index is 13.2. The minimum Gasteiger partial charge on any atom is -0.451 e. The number of benzene rings is 2. The molecule has 0 saturated carbocycles. The molecule has 4 aromatic rings. The molecule has 0 bridgehead atoms. The largest absolute Gasteiger partial charge is 0.451 e. The van der Waals surface area contributed by atoms with Gasteiger partial charge in [-0.3, -0.25) is 4.79 Å². The van der Waals surface area contributed by atoms with Crippen LogP contribution in [0, 0.1) is 6.92 Å². The molecule has 3 heterocycles. The van der Waals surface area contributed by atoms with E-state index in [4.69, 9.17) is 9.40 Å². The van der Waals surface area contributed by atoms with Gasteiger partial charge in [-0.15, -0.1) is 0 Å². The molecule has 0 spiro atoms. The first-order valence-electron chi connectivity index (χ1n) is 8.96. The predicted octanol–water partition coefficient (Wildman–Crippen LogP) is 4.59. The van der Waals surface area contributed by atoms with Crippen LogP contribution in [-0.4, -0.2) is 27.3 Å². The number of likely N-dealkylation sites (tertiary alicyclic amines) is 1. The fourth-order valence-electron chi connectivity index (χ4n) is 3.93. The van der Waals surface area contributed by atoms with E-state index in [-0.39, 0.29) is 11.9 Å². The standard InChI is InChI=1S/C21H19N3O2/c1-13-14-7-2-5-11-18(14)26-19(13)21(25)24-12-6-10-17(24)20-22-15-8-3-4-9-16(15)23-20/h2-5,7-9,11,17H,6,10,12H2,1H3,(H,22,23). The van der Waals surface area contributed by atoms with Crippen LogP contribution in [0.5, 0.6) is 0 Å². The summed E-state index contributed by atoms with van der Waals surface area (Å²) in [5.41, 5.74) is 3.59. The zero-order valence-corrected chi connectivity index (χ0v) is 14.5. The zero-order chi connectivity index (χ0) is 17.7. The lowest BCUT2D eigenvalue weighted by molar-refractivity contribution is 0.0699. The van der Waals surface area contributed by atoms with Gasteiger partial charge in [0.25, 0.3) is 5.91 Å². The number of fused-ring (bicyclic) bond motifs is 2. The van der Waals surface area contributed by atoms with Crippen molar-refractivity contribution in [2.75, 3.05) is 6.54 Å². The van der Waals surface area contributed by atoms with Gasteiger partial charge in [-0.2, -0.15) is 0 Å². The molecule has 1 aliphatic rings. The van der Waals surface area contributed by atoms with E-state index in [0.717, 1.165) is 52.8 Å². The molecule has 1 atom stereocenters. The summed E-state index contributed by atoms with van der Waals surface area (Å²) in [5, 5.41) is 0.996. The van der Waals surface area contributed by atoms with E-state index in [1.54, 1.807) is 0 Å². The van der Waals surface area contributed by atoms with E-state index in [9.17, 15) is 4.79 Å². The minimum atomic E-state index is -0.0540. The van der Waals surface area contributed by atoms with Crippen LogP contribution >= 0.6 is 0 Å². The number of carbonyl (C=O) groups excluding carboxylic acids is 1. The predicted molar refractivity (Wildman–Crippen MR) is 100 cm³/mol. The maximum atomic E-state index is 13.2. The molecule has 1 saturated heterocycles. The summed E-state index contributed by atoms with van der Waals surface area (Å²) in [4.78, 5) is 23.2. The molecule has 0 aliphatic carbocycles. The van der Waals surface area contributed by atoms with Crippen molar-refractivity contribution in [3.05, 3.63) is 65.7 Å². The summed E-state index contributed by atoms with van der Waals surface area (Å²) in [7, 11) is 0. The van der Waals surface area contributed by atoms with Crippen molar-refractivity contribution in [2.45, 2.75) is 25.8 Å². The van der Waals surface area contributed by atoms with Crippen LogP contribution in [0.15, 0.2) is 52.9 Å². The number of H-pyrrole nitrogens is 1. The molecule has 1 amide bonds. The summed E-state index contributed by atoms with van der Waals surface area (Å²) in [5.74, 6) is 1.24. The Balaban J connectivity index is 1.53. The summed E-state index contributed by atoms with van der Waals surface area (Å²) < 4.78 is 5.89. The number of nitrogens with one attached hydrogen (secondary N) is 1. The molecular formula is C21H19N3O2. The minimum absolute atomic E-state index is 0.0393. The van der Waals surface area contributed by atoms with Gasteiger partial charge in [0.15, 0.2) is 5.76 Å². The molecule has 1 unspecified atom stereocenters. The number of rotatable bonds is 2. The Kier molecular flexibility index (Phi) is 3.35. The van der Waals surface area contributed by atoms with Crippen molar-refractivity contribution in [2.24, 2.45) is 0 Å². The first-order chi connectivity index (χ1) is 12.7. The van der Waals surface area contributed by atoms with Crippen molar-refractivity contribution in [3.8, 4) is 0 Å². The first-order valence-corrected chi connectivity index (χ1v) is 8.96. The lowest BCUT2D eigenvalue weighted by atomic mass is 10.1.